The molecule has 1 rings (SSSR count). The number of nitrogens with two attached hydrogens (primary N) is 1. The first-order chi connectivity index (χ1) is 9.62. The van der Waals surface area contributed by atoms with Gasteiger partial charge < -0.3 is 5.73 Å². The topological polar surface area (TPSA) is 26.0 Å². The molecule has 0 aliphatic heterocycles. The summed E-state index contributed by atoms with van der Waals surface area (Å²) in [6, 6.07) is 0.491. The van der Waals surface area contributed by atoms with Gasteiger partial charge in [0.15, 0.2) is 0 Å². The largest absolute Gasteiger partial charge is 0.328 e. The van der Waals surface area contributed by atoms with Crippen LogP contribution in [0.3, 0.4) is 0 Å². The van der Waals surface area contributed by atoms with Gasteiger partial charge in [-0.25, -0.2) is 0 Å². The predicted octanol–water partition coefficient (Wildman–Crippen LogP) is 6.06. The fourth-order valence-electron chi connectivity index (χ4n) is 4.09. The van der Waals surface area contributed by atoms with Crippen molar-refractivity contribution >= 4 is 0 Å². The summed E-state index contributed by atoms with van der Waals surface area (Å²) in [4.78, 5) is 0. The Labute approximate surface area is 128 Å². The molecule has 1 saturated carbocycles. The number of rotatable bonds is 11. The average molecular weight is 282 g/mol. The lowest BCUT2D eigenvalue weighted by Gasteiger charge is -2.36. The van der Waals surface area contributed by atoms with Gasteiger partial charge in [0.1, 0.15) is 0 Å². The molecule has 0 aromatic carbocycles. The van der Waals surface area contributed by atoms with E-state index in [4.69, 9.17) is 5.73 Å². The highest BCUT2D eigenvalue weighted by Gasteiger charge is 2.37. The molecule has 1 fully saturated rings. The molecule has 120 valence electrons. The summed E-state index contributed by atoms with van der Waals surface area (Å²) in [6.07, 6.45) is 18.1. The average Bonchev–Trinajstić information content (AvgIpc) is 2.86. The van der Waals surface area contributed by atoms with E-state index < -0.39 is 0 Å². The lowest BCUT2D eigenvalue weighted by atomic mass is 9.69. The molecule has 3 atom stereocenters. The van der Waals surface area contributed by atoms with Crippen molar-refractivity contribution < 1.29 is 0 Å². The molecule has 0 heterocycles. The quantitative estimate of drug-likeness (QED) is 0.458. The summed E-state index contributed by atoms with van der Waals surface area (Å²) < 4.78 is 0. The van der Waals surface area contributed by atoms with Crippen LogP contribution in [0.15, 0.2) is 0 Å². The van der Waals surface area contributed by atoms with Gasteiger partial charge in [0.2, 0.25) is 0 Å². The van der Waals surface area contributed by atoms with Crippen LogP contribution in [0.1, 0.15) is 104 Å². The van der Waals surface area contributed by atoms with Gasteiger partial charge in [-0.15, -0.1) is 0 Å². The van der Waals surface area contributed by atoms with Gasteiger partial charge in [-0.1, -0.05) is 72.1 Å². The summed E-state index contributed by atoms with van der Waals surface area (Å²) in [7, 11) is 0. The zero-order valence-electron chi connectivity index (χ0n) is 14.4. The number of hydrogen-bond acceptors (Lipinski definition) is 1. The maximum Gasteiger partial charge on any atom is 0.00417 e. The van der Waals surface area contributed by atoms with E-state index in [1.54, 1.807) is 0 Å². The minimum absolute atomic E-state index is 0.491. The summed E-state index contributed by atoms with van der Waals surface area (Å²) in [6.45, 7) is 7.19. The van der Waals surface area contributed by atoms with Crippen molar-refractivity contribution in [3.05, 3.63) is 0 Å². The smallest absolute Gasteiger partial charge is 0.00417 e. The van der Waals surface area contributed by atoms with Crippen molar-refractivity contribution in [1.29, 1.82) is 0 Å². The van der Waals surface area contributed by atoms with E-state index in [0.29, 0.717) is 11.5 Å². The highest BCUT2D eigenvalue weighted by Crippen LogP contribution is 2.46. The van der Waals surface area contributed by atoms with E-state index in [0.717, 1.165) is 5.92 Å². The first-order valence-electron chi connectivity index (χ1n) is 9.38. The SMILES string of the molecule is CCCCCCC[C@](C)(CCCCC)C1CC[C@H](N)C1. The maximum atomic E-state index is 6.17. The molecule has 2 N–H and O–H groups in total. The first kappa shape index (κ1) is 18.0. The Bertz CT molecular complexity index is 238. The van der Waals surface area contributed by atoms with E-state index in [-0.39, 0.29) is 0 Å². The molecule has 1 heteroatoms. The third-order valence-corrected chi connectivity index (χ3v) is 5.66. The van der Waals surface area contributed by atoms with Gasteiger partial charge in [0.05, 0.1) is 0 Å². The molecule has 0 aromatic rings. The van der Waals surface area contributed by atoms with Crippen molar-refractivity contribution in [2.75, 3.05) is 0 Å². The molecule has 1 unspecified atom stereocenters. The molecule has 1 nitrogen and oxygen atoms in total. The highest BCUT2D eigenvalue weighted by molar-refractivity contribution is 4.90. The second-order valence-corrected chi connectivity index (χ2v) is 7.55. The Hall–Kier alpha value is -0.0400. The van der Waals surface area contributed by atoms with Crippen LogP contribution in [0.5, 0.6) is 0 Å². The molecule has 20 heavy (non-hydrogen) atoms. The Morgan fingerprint density at radius 2 is 1.40 bits per heavy atom. The van der Waals surface area contributed by atoms with Crippen LogP contribution in [-0.2, 0) is 0 Å². The summed E-state index contributed by atoms with van der Waals surface area (Å²) in [5.74, 6) is 0.903. The van der Waals surface area contributed by atoms with Crippen molar-refractivity contribution in [2.45, 2.75) is 110 Å². The highest BCUT2D eigenvalue weighted by atomic mass is 14.7. The van der Waals surface area contributed by atoms with Crippen molar-refractivity contribution in [3.8, 4) is 0 Å². The fraction of sp³-hybridized carbons (Fsp3) is 1.00. The lowest BCUT2D eigenvalue weighted by Crippen LogP contribution is -2.27. The summed E-state index contributed by atoms with van der Waals surface area (Å²) in [5.41, 5.74) is 6.75. The van der Waals surface area contributed by atoms with Gasteiger partial charge in [0.25, 0.3) is 0 Å². The van der Waals surface area contributed by atoms with Crippen LogP contribution in [0, 0.1) is 11.3 Å². The van der Waals surface area contributed by atoms with E-state index in [9.17, 15) is 0 Å². The van der Waals surface area contributed by atoms with Crippen LogP contribution >= 0.6 is 0 Å². The molecule has 0 aromatic heterocycles. The van der Waals surface area contributed by atoms with Gasteiger partial charge in [0, 0.05) is 6.04 Å². The van der Waals surface area contributed by atoms with Crippen LogP contribution in [0.2, 0.25) is 0 Å². The molecular weight excluding hydrogens is 242 g/mol. The van der Waals surface area contributed by atoms with E-state index in [2.05, 4.69) is 20.8 Å². The fourth-order valence-corrected chi connectivity index (χ4v) is 4.09. The normalized spacial score (nSPS) is 25.8. The van der Waals surface area contributed by atoms with Crippen LogP contribution in [0.25, 0.3) is 0 Å². The van der Waals surface area contributed by atoms with Crippen LogP contribution in [-0.4, -0.2) is 6.04 Å². The third-order valence-electron chi connectivity index (χ3n) is 5.66. The molecule has 0 radical (unpaired) electrons. The van der Waals surface area contributed by atoms with Gasteiger partial charge >= 0.3 is 0 Å². The number of unbranched alkanes of at least 4 members (excludes halogenated alkanes) is 6. The van der Waals surface area contributed by atoms with E-state index in [1.165, 1.54) is 83.5 Å². The second-order valence-electron chi connectivity index (χ2n) is 7.55. The second kappa shape index (κ2) is 9.82. The first-order valence-corrected chi connectivity index (χ1v) is 9.38. The van der Waals surface area contributed by atoms with Gasteiger partial charge in [-0.3, -0.25) is 0 Å². The van der Waals surface area contributed by atoms with Gasteiger partial charge in [-0.05, 0) is 43.4 Å². The van der Waals surface area contributed by atoms with E-state index >= 15 is 0 Å². The van der Waals surface area contributed by atoms with Crippen molar-refractivity contribution in [2.24, 2.45) is 17.1 Å². The predicted molar refractivity (Wildman–Crippen MR) is 90.9 cm³/mol. The van der Waals surface area contributed by atoms with Crippen LogP contribution < -0.4 is 5.73 Å². The van der Waals surface area contributed by atoms with E-state index in [1.807, 2.05) is 0 Å². The monoisotopic (exact) mass is 281 g/mol. The summed E-state index contributed by atoms with van der Waals surface area (Å²) in [5, 5.41) is 0. The van der Waals surface area contributed by atoms with Crippen molar-refractivity contribution in [3.63, 3.8) is 0 Å². The Morgan fingerprint density at radius 1 is 0.850 bits per heavy atom. The van der Waals surface area contributed by atoms with Gasteiger partial charge in [-0.2, -0.15) is 0 Å². The third kappa shape index (κ3) is 6.16. The standard InChI is InChI=1S/C19H39N/c1-4-6-8-9-11-15-19(3,14-10-7-5-2)17-12-13-18(20)16-17/h17-18H,4-16,20H2,1-3H3/t17?,18-,19-/m0/s1. The minimum Gasteiger partial charge on any atom is -0.328 e. The molecule has 1 aliphatic carbocycles. The molecule has 1 aliphatic rings. The Morgan fingerprint density at radius 3 is 1.95 bits per heavy atom. The zero-order valence-corrected chi connectivity index (χ0v) is 14.4. The molecule has 0 bridgehead atoms. The molecule has 0 saturated heterocycles. The molecule has 0 amide bonds. The molecule has 0 spiro atoms. The van der Waals surface area contributed by atoms with Crippen LogP contribution in [0.4, 0.5) is 0 Å². The lowest BCUT2D eigenvalue weighted by molar-refractivity contribution is 0.144. The maximum absolute atomic E-state index is 6.17. The Balaban J connectivity index is 2.41. The number of hydrogen-bond donors (Lipinski definition) is 1. The Kier molecular flexibility index (Phi) is 8.84. The molecular formula is C19H39N. The van der Waals surface area contributed by atoms with Crippen molar-refractivity contribution in [1.82, 2.24) is 0 Å². The summed E-state index contributed by atoms with van der Waals surface area (Å²) >= 11 is 0. The minimum atomic E-state index is 0.491. The zero-order chi connectivity index (χ0) is 14.8.